The van der Waals surface area contributed by atoms with E-state index in [9.17, 15) is 0 Å². The lowest BCUT2D eigenvalue weighted by molar-refractivity contribution is 0.174. The molecule has 0 unspecified atom stereocenters. The van der Waals surface area contributed by atoms with Crippen molar-refractivity contribution < 1.29 is 9.47 Å². The van der Waals surface area contributed by atoms with Crippen LogP contribution in [0, 0.1) is 0 Å². The number of benzene rings is 1. The van der Waals surface area contributed by atoms with Crippen LogP contribution in [0.4, 0.5) is 0 Å². The zero-order valence-corrected chi connectivity index (χ0v) is 15.1. The summed E-state index contributed by atoms with van der Waals surface area (Å²) in [6, 6.07) is 6.09. The minimum atomic E-state index is 0.314. The van der Waals surface area contributed by atoms with Crippen molar-refractivity contribution in [1.29, 1.82) is 0 Å². The average Bonchev–Trinajstić information content (AvgIpc) is 3.01. The molecule has 2 rings (SSSR count). The Hall–Kier alpha value is -1.56. The lowest BCUT2D eigenvalue weighted by atomic mass is 10.2. The van der Waals surface area contributed by atoms with Gasteiger partial charge in [-0.3, -0.25) is 4.99 Å². The number of unbranched alkanes of at least 4 members (excludes halogenated alkanes) is 1. The molecule has 0 bridgehead atoms. The van der Waals surface area contributed by atoms with Crippen LogP contribution in [0.1, 0.15) is 25.3 Å². The monoisotopic (exact) mass is 337 g/mol. The number of guanidine groups is 1. The smallest absolute Gasteiger partial charge is 0.231 e. The number of fused-ring (bicyclic) bond motifs is 1. The highest BCUT2D eigenvalue weighted by molar-refractivity contribution is 7.98. The number of nitrogens with zero attached hydrogens (tertiary/aromatic N) is 2. The fraction of sp³-hybridized carbons (Fsp3) is 0.588. The summed E-state index contributed by atoms with van der Waals surface area (Å²) in [5.41, 5.74) is 1.18. The Bertz CT molecular complexity index is 523. The van der Waals surface area contributed by atoms with Gasteiger partial charge in [-0.1, -0.05) is 6.07 Å². The van der Waals surface area contributed by atoms with Gasteiger partial charge in [-0.2, -0.15) is 11.8 Å². The van der Waals surface area contributed by atoms with Crippen molar-refractivity contribution in [3.05, 3.63) is 23.8 Å². The molecule has 5 nitrogen and oxygen atoms in total. The number of nitrogens with one attached hydrogen (secondary N) is 1. The Kier molecular flexibility index (Phi) is 7.39. The summed E-state index contributed by atoms with van der Waals surface area (Å²) < 4.78 is 10.8. The molecule has 0 aromatic heterocycles. The van der Waals surface area contributed by atoms with E-state index in [0.717, 1.165) is 43.5 Å². The minimum Gasteiger partial charge on any atom is -0.454 e. The molecule has 128 valence electrons. The minimum absolute atomic E-state index is 0.314. The summed E-state index contributed by atoms with van der Waals surface area (Å²) in [5.74, 6) is 3.81. The molecule has 1 aromatic rings. The normalized spacial score (nSPS) is 13.3. The third-order valence-corrected chi connectivity index (χ3v) is 4.27. The van der Waals surface area contributed by atoms with Gasteiger partial charge in [0.25, 0.3) is 0 Å². The van der Waals surface area contributed by atoms with Gasteiger partial charge in [0.05, 0.1) is 0 Å². The number of hydrogen-bond donors (Lipinski definition) is 1. The van der Waals surface area contributed by atoms with Crippen LogP contribution in [0.15, 0.2) is 23.2 Å². The molecule has 0 fully saturated rings. The summed E-state index contributed by atoms with van der Waals surface area (Å²) in [6.07, 6.45) is 4.50. The summed E-state index contributed by atoms with van der Waals surface area (Å²) in [5, 5.41) is 3.36. The van der Waals surface area contributed by atoms with Gasteiger partial charge in [0.1, 0.15) is 0 Å². The van der Waals surface area contributed by atoms with Gasteiger partial charge >= 0.3 is 0 Å². The molecule has 1 aromatic carbocycles. The van der Waals surface area contributed by atoms with Gasteiger partial charge in [-0.25, -0.2) is 0 Å². The number of ether oxygens (including phenoxy) is 2. The number of hydrogen-bond acceptors (Lipinski definition) is 4. The predicted molar refractivity (Wildman–Crippen MR) is 97.6 cm³/mol. The van der Waals surface area contributed by atoms with Crippen LogP contribution in [-0.2, 0) is 6.54 Å². The summed E-state index contributed by atoms with van der Waals surface area (Å²) >= 11 is 1.89. The van der Waals surface area contributed by atoms with Gasteiger partial charge in [0.15, 0.2) is 17.5 Å². The van der Waals surface area contributed by atoms with E-state index in [2.05, 4.69) is 36.5 Å². The molecule has 0 atom stereocenters. The van der Waals surface area contributed by atoms with E-state index in [1.54, 1.807) is 0 Å². The van der Waals surface area contributed by atoms with Crippen molar-refractivity contribution in [3.63, 3.8) is 0 Å². The van der Waals surface area contributed by atoms with E-state index in [4.69, 9.17) is 14.5 Å². The van der Waals surface area contributed by atoms with E-state index in [1.807, 2.05) is 23.9 Å². The van der Waals surface area contributed by atoms with Crippen LogP contribution in [0.5, 0.6) is 11.5 Å². The molecule has 0 saturated carbocycles. The van der Waals surface area contributed by atoms with Crippen molar-refractivity contribution in [2.45, 2.75) is 26.3 Å². The lowest BCUT2D eigenvalue weighted by Crippen LogP contribution is -2.38. The third kappa shape index (κ3) is 5.53. The van der Waals surface area contributed by atoms with Gasteiger partial charge < -0.3 is 19.7 Å². The third-order valence-electron chi connectivity index (χ3n) is 3.57. The molecule has 0 amide bonds. The Balaban J connectivity index is 1.91. The van der Waals surface area contributed by atoms with E-state index < -0.39 is 0 Å². The standard InChI is InChI=1S/C17H27N3O2S/c1-4-18-17(19-9-5-6-10-23-3)20(2)12-14-7-8-15-16(11-14)22-13-21-15/h7-8,11H,4-6,9-10,12-13H2,1-3H3,(H,18,19). The fourth-order valence-corrected chi connectivity index (χ4v) is 2.89. The van der Waals surface area contributed by atoms with Crippen LogP contribution in [0.3, 0.4) is 0 Å². The molecular formula is C17H27N3O2S. The number of thioether (sulfide) groups is 1. The Morgan fingerprint density at radius 1 is 1.30 bits per heavy atom. The molecule has 0 aliphatic carbocycles. The zero-order valence-electron chi connectivity index (χ0n) is 14.3. The van der Waals surface area contributed by atoms with Crippen molar-refractivity contribution in [3.8, 4) is 11.5 Å². The van der Waals surface area contributed by atoms with Gasteiger partial charge in [0.2, 0.25) is 6.79 Å². The van der Waals surface area contributed by atoms with Gasteiger partial charge in [-0.05, 0) is 49.5 Å². The largest absolute Gasteiger partial charge is 0.454 e. The maximum absolute atomic E-state index is 5.44. The van der Waals surface area contributed by atoms with E-state index in [1.165, 1.54) is 17.7 Å². The highest BCUT2D eigenvalue weighted by Crippen LogP contribution is 2.32. The van der Waals surface area contributed by atoms with Crippen LogP contribution < -0.4 is 14.8 Å². The lowest BCUT2D eigenvalue weighted by Gasteiger charge is -2.22. The molecular weight excluding hydrogens is 310 g/mol. The topological polar surface area (TPSA) is 46.1 Å². The summed E-state index contributed by atoms with van der Waals surface area (Å²) in [6.45, 7) is 4.93. The molecule has 1 aliphatic heterocycles. The van der Waals surface area contributed by atoms with Crippen LogP contribution in [0.25, 0.3) is 0 Å². The first-order valence-corrected chi connectivity index (χ1v) is 9.51. The SMILES string of the molecule is CCNC(=NCCCCSC)N(C)Cc1ccc2c(c1)OCO2. The highest BCUT2D eigenvalue weighted by atomic mass is 32.2. The summed E-state index contributed by atoms with van der Waals surface area (Å²) in [4.78, 5) is 6.87. The fourth-order valence-electron chi connectivity index (χ4n) is 2.40. The first-order valence-electron chi connectivity index (χ1n) is 8.11. The quantitative estimate of drug-likeness (QED) is 0.449. The Morgan fingerprint density at radius 2 is 2.13 bits per heavy atom. The molecule has 1 heterocycles. The number of rotatable bonds is 8. The summed E-state index contributed by atoms with van der Waals surface area (Å²) in [7, 11) is 2.06. The van der Waals surface area contributed by atoms with Crippen molar-refractivity contribution in [1.82, 2.24) is 10.2 Å². The Labute approximate surface area is 143 Å². The first kappa shape index (κ1) is 17.8. The van der Waals surface area contributed by atoms with Crippen LogP contribution >= 0.6 is 11.8 Å². The number of aliphatic imine (C=N–C) groups is 1. The first-order chi connectivity index (χ1) is 11.2. The maximum atomic E-state index is 5.44. The average molecular weight is 337 g/mol. The molecule has 6 heteroatoms. The molecule has 1 N–H and O–H groups in total. The molecule has 0 saturated heterocycles. The van der Waals surface area contributed by atoms with E-state index >= 15 is 0 Å². The maximum Gasteiger partial charge on any atom is 0.231 e. The molecule has 0 radical (unpaired) electrons. The van der Waals surface area contributed by atoms with Crippen molar-refractivity contribution in [2.24, 2.45) is 4.99 Å². The van der Waals surface area contributed by atoms with Crippen LogP contribution in [-0.4, -0.2) is 49.8 Å². The predicted octanol–water partition coefficient (Wildman–Crippen LogP) is 2.96. The molecule has 1 aliphatic rings. The van der Waals surface area contributed by atoms with Gasteiger partial charge in [0, 0.05) is 26.7 Å². The Morgan fingerprint density at radius 3 is 2.91 bits per heavy atom. The van der Waals surface area contributed by atoms with Crippen LogP contribution in [0.2, 0.25) is 0 Å². The molecule has 0 spiro atoms. The van der Waals surface area contributed by atoms with Crippen molar-refractivity contribution >= 4 is 17.7 Å². The van der Waals surface area contributed by atoms with E-state index in [0.29, 0.717) is 6.79 Å². The second-order valence-corrected chi connectivity index (χ2v) is 6.46. The second kappa shape index (κ2) is 9.55. The second-order valence-electron chi connectivity index (χ2n) is 5.48. The zero-order chi connectivity index (χ0) is 16.5. The molecule has 23 heavy (non-hydrogen) atoms. The van der Waals surface area contributed by atoms with Gasteiger partial charge in [-0.15, -0.1) is 0 Å². The van der Waals surface area contributed by atoms with E-state index in [-0.39, 0.29) is 0 Å². The van der Waals surface area contributed by atoms with Crippen molar-refractivity contribution in [2.75, 3.05) is 38.9 Å². The highest BCUT2D eigenvalue weighted by Gasteiger charge is 2.14.